The molecule has 0 radical (unpaired) electrons. The predicted molar refractivity (Wildman–Crippen MR) is 108 cm³/mol. The largest absolute Gasteiger partial charge is 0.497 e. The SMILES string of the molecule is COc1cccc(NC(=O)Cn2c(C)cc3nc4n(c(=O)c32)CCCCC4)c1. The first-order chi connectivity index (χ1) is 13.6. The van der Waals surface area contributed by atoms with Gasteiger partial charge < -0.3 is 14.6 Å². The summed E-state index contributed by atoms with van der Waals surface area (Å²) >= 11 is 0. The molecule has 0 unspecified atom stereocenters. The normalized spacial score (nSPS) is 13.8. The number of rotatable bonds is 4. The van der Waals surface area contributed by atoms with Gasteiger partial charge in [-0.2, -0.15) is 0 Å². The van der Waals surface area contributed by atoms with E-state index >= 15 is 0 Å². The van der Waals surface area contributed by atoms with Crippen LogP contribution in [0.15, 0.2) is 35.1 Å². The van der Waals surface area contributed by atoms with Crippen molar-refractivity contribution in [2.24, 2.45) is 0 Å². The van der Waals surface area contributed by atoms with Gasteiger partial charge in [0.15, 0.2) is 0 Å². The van der Waals surface area contributed by atoms with E-state index in [0.29, 0.717) is 29.0 Å². The first-order valence-electron chi connectivity index (χ1n) is 9.60. The molecule has 7 nitrogen and oxygen atoms in total. The number of hydrogen-bond acceptors (Lipinski definition) is 4. The molecule has 1 aliphatic heterocycles. The minimum atomic E-state index is -0.201. The molecule has 28 heavy (non-hydrogen) atoms. The summed E-state index contributed by atoms with van der Waals surface area (Å²) in [5, 5.41) is 2.87. The Morgan fingerprint density at radius 2 is 2.11 bits per heavy atom. The number of benzene rings is 1. The average Bonchev–Trinajstić information content (AvgIpc) is 2.84. The molecule has 0 saturated heterocycles. The molecule has 0 saturated carbocycles. The van der Waals surface area contributed by atoms with Gasteiger partial charge in [0.1, 0.15) is 23.6 Å². The number of carbonyl (C=O) groups excluding carboxylic acids is 1. The van der Waals surface area contributed by atoms with Crippen molar-refractivity contribution in [3.05, 3.63) is 52.2 Å². The van der Waals surface area contributed by atoms with Crippen molar-refractivity contribution in [1.29, 1.82) is 0 Å². The molecular weight excluding hydrogens is 356 g/mol. The zero-order valence-electron chi connectivity index (χ0n) is 16.2. The van der Waals surface area contributed by atoms with Crippen LogP contribution in [0.5, 0.6) is 5.75 Å². The third kappa shape index (κ3) is 3.40. The number of anilines is 1. The van der Waals surface area contributed by atoms with Crippen molar-refractivity contribution in [3.63, 3.8) is 0 Å². The molecule has 3 aromatic rings. The van der Waals surface area contributed by atoms with Crippen LogP contribution in [0.25, 0.3) is 11.0 Å². The lowest BCUT2D eigenvalue weighted by atomic mass is 10.2. The molecule has 0 aliphatic carbocycles. The van der Waals surface area contributed by atoms with Gasteiger partial charge in [0.25, 0.3) is 5.56 Å². The molecular formula is C21H24N4O3. The molecule has 1 N–H and O–H groups in total. The molecule has 0 atom stereocenters. The highest BCUT2D eigenvalue weighted by Gasteiger charge is 2.19. The summed E-state index contributed by atoms with van der Waals surface area (Å²) in [4.78, 5) is 30.5. The van der Waals surface area contributed by atoms with Gasteiger partial charge >= 0.3 is 0 Å². The second kappa shape index (κ2) is 7.50. The monoisotopic (exact) mass is 380 g/mol. The van der Waals surface area contributed by atoms with Gasteiger partial charge in [0.2, 0.25) is 5.91 Å². The van der Waals surface area contributed by atoms with Gasteiger partial charge in [-0.15, -0.1) is 0 Å². The van der Waals surface area contributed by atoms with Crippen LogP contribution in [0.3, 0.4) is 0 Å². The van der Waals surface area contributed by atoms with Crippen LogP contribution in [0.1, 0.15) is 30.8 Å². The fourth-order valence-electron chi connectivity index (χ4n) is 3.81. The molecule has 2 aromatic heterocycles. The molecule has 1 amide bonds. The summed E-state index contributed by atoms with van der Waals surface area (Å²) in [6.07, 6.45) is 3.97. The maximum Gasteiger partial charge on any atom is 0.278 e. The Morgan fingerprint density at radius 3 is 2.93 bits per heavy atom. The third-order valence-electron chi connectivity index (χ3n) is 5.23. The second-order valence-corrected chi connectivity index (χ2v) is 7.18. The predicted octanol–water partition coefficient (Wildman–Crippen LogP) is 2.88. The summed E-state index contributed by atoms with van der Waals surface area (Å²) in [5.41, 5.74) is 2.63. The van der Waals surface area contributed by atoms with Crippen molar-refractivity contribution in [1.82, 2.24) is 14.1 Å². The molecule has 7 heteroatoms. The summed E-state index contributed by atoms with van der Waals surface area (Å²) in [6.45, 7) is 2.65. The number of amides is 1. The van der Waals surface area contributed by atoms with Crippen LogP contribution < -0.4 is 15.6 Å². The van der Waals surface area contributed by atoms with E-state index in [4.69, 9.17) is 9.72 Å². The molecule has 0 spiro atoms. The summed E-state index contributed by atoms with van der Waals surface area (Å²) in [5.74, 6) is 1.33. The maximum absolute atomic E-state index is 13.1. The maximum atomic E-state index is 13.1. The summed E-state index contributed by atoms with van der Waals surface area (Å²) < 4.78 is 8.73. The van der Waals surface area contributed by atoms with Crippen LogP contribution in [0.2, 0.25) is 0 Å². The van der Waals surface area contributed by atoms with E-state index in [9.17, 15) is 9.59 Å². The Hall–Kier alpha value is -3.09. The lowest BCUT2D eigenvalue weighted by Crippen LogP contribution is -2.28. The quantitative estimate of drug-likeness (QED) is 0.755. The lowest BCUT2D eigenvalue weighted by Gasteiger charge is -2.12. The molecule has 3 heterocycles. The topological polar surface area (TPSA) is 78.2 Å². The van der Waals surface area contributed by atoms with Gasteiger partial charge in [-0.05, 0) is 38.0 Å². The van der Waals surface area contributed by atoms with Crippen LogP contribution >= 0.6 is 0 Å². The smallest absolute Gasteiger partial charge is 0.278 e. The van der Waals surface area contributed by atoms with E-state index in [0.717, 1.165) is 37.2 Å². The highest BCUT2D eigenvalue weighted by Crippen LogP contribution is 2.20. The van der Waals surface area contributed by atoms with Crippen molar-refractivity contribution >= 4 is 22.6 Å². The first kappa shape index (κ1) is 18.3. The standard InChI is InChI=1S/C21H24N4O3/c1-14-11-17-20(21(27)24-10-5-3-4-9-18(24)23-17)25(14)13-19(26)22-15-7-6-8-16(12-15)28-2/h6-8,11-12H,3-5,9-10,13H2,1-2H3,(H,22,26). The van der Waals surface area contributed by atoms with Gasteiger partial charge in [-0.3, -0.25) is 14.2 Å². The fraction of sp³-hybridized carbons (Fsp3) is 0.381. The number of ether oxygens (including phenoxy) is 1. The van der Waals surface area contributed by atoms with Crippen LogP contribution in [-0.4, -0.2) is 27.1 Å². The number of fused-ring (bicyclic) bond motifs is 2. The molecule has 0 bridgehead atoms. The number of nitrogens with zero attached hydrogens (tertiary/aromatic N) is 3. The molecule has 1 aromatic carbocycles. The minimum Gasteiger partial charge on any atom is -0.497 e. The molecule has 1 aliphatic rings. The number of aryl methyl sites for hydroxylation is 2. The number of carbonyl (C=O) groups is 1. The number of nitrogens with one attached hydrogen (secondary N) is 1. The highest BCUT2D eigenvalue weighted by molar-refractivity contribution is 5.92. The average molecular weight is 380 g/mol. The van der Waals surface area contributed by atoms with E-state index in [1.165, 1.54) is 0 Å². The van der Waals surface area contributed by atoms with Crippen LogP contribution in [0.4, 0.5) is 5.69 Å². The van der Waals surface area contributed by atoms with Gasteiger partial charge in [0.05, 0.1) is 12.6 Å². The Kier molecular flexibility index (Phi) is 4.90. The van der Waals surface area contributed by atoms with Gasteiger partial charge in [-0.1, -0.05) is 12.5 Å². The number of methoxy groups -OCH3 is 1. The van der Waals surface area contributed by atoms with E-state index in [1.54, 1.807) is 28.4 Å². The van der Waals surface area contributed by atoms with E-state index in [-0.39, 0.29) is 18.0 Å². The number of aromatic nitrogens is 3. The zero-order valence-corrected chi connectivity index (χ0v) is 16.2. The Morgan fingerprint density at radius 1 is 1.25 bits per heavy atom. The molecule has 0 fully saturated rings. The van der Waals surface area contributed by atoms with Gasteiger partial charge in [-0.25, -0.2) is 4.98 Å². The van der Waals surface area contributed by atoms with Gasteiger partial charge in [0, 0.05) is 30.4 Å². The highest BCUT2D eigenvalue weighted by atomic mass is 16.5. The summed E-state index contributed by atoms with van der Waals surface area (Å²) in [6, 6.07) is 9.08. The Labute approximate surface area is 163 Å². The first-order valence-corrected chi connectivity index (χ1v) is 9.60. The molecule has 146 valence electrons. The Balaban J connectivity index is 1.66. The number of hydrogen-bond donors (Lipinski definition) is 1. The van der Waals surface area contributed by atoms with Crippen molar-refractivity contribution < 1.29 is 9.53 Å². The minimum absolute atomic E-state index is 0.0517. The Bertz CT molecular complexity index is 1100. The second-order valence-electron chi connectivity index (χ2n) is 7.18. The van der Waals surface area contributed by atoms with E-state index in [1.807, 2.05) is 25.1 Å². The van der Waals surface area contributed by atoms with Crippen LogP contribution in [-0.2, 0) is 24.3 Å². The van der Waals surface area contributed by atoms with E-state index in [2.05, 4.69) is 5.32 Å². The lowest BCUT2D eigenvalue weighted by molar-refractivity contribution is -0.116. The fourth-order valence-corrected chi connectivity index (χ4v) is 3.81. The van der Waals surface area contributed by atoms with Crippen molar-refractivity contribution in [2.75, 3.05) is 12.4 Å². The summed E-state index contributed by atoms with van der Waals surface area (Å²) in [7, 11) is 1.58. The zero-order chi connectivity index (χ0) is 19.7. The third-order valence-corrected chi connectivity index (χ3v) is 5.23. The van der Waals surface area contributed by atoms with Crippen molar-refractivity contribution in [3.8, 4) is 5.75 Å². The van der Waals surface area contributed by atoms with E-state index < -0.39 is 0 Å². The van der Waals surface area contributed by atoms with Crippen molar-refractivity contribution in [2.45, 2.75) is 45.7 Å². The van der Waals surface area contributed by atoms with Crippen LogP contribution in [0, 0.1) is 6.92 Å². The molecule has 4 rings (SSSR count).